The molecule has 4 heterocycles. The van der Waals surface area contributed by atoms with Crippen LogP contribution in [0.4, 0.5) is 21.6 Å². The van der Waals surface area contributed by atoms with Gasteiger partial charge in [-0.2, -0.15) is 5.10 Å². The smallest absolute Gasteiger partial charge is 0.168 e. The van der Waals surface area contributed by atoms with Crippen LogP contribution >= 0.6 is 0 Å². The SMILES string of the molecule is Cc1cc(F)ccc1Nc1ncnc2c1cnn2-c1ccc(N2CCC(N3CCN(C)CC3)CC2)cc1. The fraction of sp³-hybridized carbons (Fsp3) is 0.393. The predicted molar refractivity (Wildman–Crippen MR) is 145 cm³/mol. The van der Waals surface area contributed by atoms with Crippen LogP contribution < -0.4 is 10.2 Å². The van der Waals surface area contributed by atoms with E-state index >= 15 is 0 Å². The number of aryl methyl sites for hydroxylation is 1. The second-order valence-electron chi connectivity index (χ2n) is 10.2. The summed E-state index contributed by atoms with van der Waals surface area (Å²) in [6, 6.07) is 13.9. The summed E-state index contributed by atoms with van der Waals surface area (Å²) in [5, 5.41) is 8.72. The van der Waals surface area contributed by atoms with Gasteiger partial charge in [-0.1, -0.05) is 0 Å². The fourth-order valence-electron chi connectivity index (χ4n) is 5.51. The number of likely N-dealkylation sites (N-methyl/N-ethyl adjacent to an activating group) is 1. The summed E-state index contributed by atoms with van der Waals surface area (Å²) in [5.74, 6) is 0.386. The number of aromatic nitrogens is 4. The average molecular weight is 501 g/mol. The van der Waals surface area contributed by atoms with Crippen LogP contribution in [-0.4, -0.2) is 81.9 Å². The Morgan fingerprint density at radius 1 is 0.892 bits per heavy atom. The van der Waals surface area contributed by atoms with Gasteiger partial charge in [-0.3, -0.25) is 4.90 Å². The molecule has 2 fully saturated rings. The van der Waals surface area contributed by atoms with Crippen LogP contribution in [0.25, 0.3) is 16.7 Å². The summed E-state index contributed by atoms with van der Waals surface area (Å²) in [7, 11) is 2.22. The number of benzene rings is 2. The second kappa shape index (κ2) is 10.1. The fourth-order valence-corrected chi connectivity index (χ4v) is 5.51. The molecule has 37 heavy (non-hydrogen) atoms. The first kappa shape index (κ1) is 23.8. The Morgan fingerprint density at radius 2 is 1.62 bits per heavy atom. The first-order valence-electron chi connectivity index (χ1n) is 13.0. The van der Waals surface area contributed by atoms with Crippen molar-refractivity contribution in [2.24, 2.45) is 0 Å². The lowest BCUT2D eigenvalue weighted by Crippen LogP contribution is -2.52. The number of piperidine rings is 1. The van der Waals surface area contributed by atoms with Gasteiger partial charge >= 0.3 is 0 Å². The molecule has 0 amide bonds. The zero-order valence-corrected chi connectivity index (χ0v) is 21.4. The van der Waals surface area contributed by atoms with Crippen molar-refractivity contribution >= 4 is 28.2 Å². The van der Waals surface area contributed by atoms with Crippen molar-refractivity contribution in [1.82, 2.24) is 29.5 Å². The highest BCUT2D eigenvalue weighted by Crippen LogP contribution is 2.28. The van der Waals surface area contributed by atoms with Crippen LogP contribution in [0.15, 0.2) is 55.0 Å². The average Bonchev–Trinajstić information content (AvgIpc) is 3.36. The van der Waals surface area contributed by atoms with Crippen molar-refractivity contribution in [3.8, 4) is 5.69 Å². The number of hydrogen-bond acceptors (Lipinski definition) is 7. The van der Waals surface area contributed by atoms with E-state index < -0.39 is 0 Å². The molecule has 2 aliphatic rings. The van der Waals surface area contributed by atoms with Crippen LogP contribution in [-0.2, 0) is 0 Å². The third kappa shape index (κ3) is 4.89. The van der Waals surface area contributed by atoms with Crippen LogP contribution in [0.1, 0.15) is 18.4 Å². The summed E-state index contributed by atoms with van der Waals surface area (Å²) in [5.41, 5.74) is 4.53. The van der Waals surface area contributed by atoms with Gasteiger partial charge < -0.3 is 15.1 Å². The summed E-state index contributed by atoms with van der Waals surface area (Å²) in [4.78, 5) is 16.5. The van der Waals surface area contributed by atoms with E-state index in [-0.39, 0.29) is 5.82 Å². The molecule has 2 aromatic heterocycles. The van der Waals surface area contributed by atoms with Gasteiger partial charge in [0.2, 0.25) is 0 Å². The molecule has 0 spiro atoms. The normalized spacial score (nSPS) is 18.0. The van der Waals surface area contributed by atoms with Crippen LogP contribution in [0.2, 0.25) is 0 Å². The second-order valence-corrected chi connectivity index (χ2v) is 10.2. The molecule has 2 saturated heterocycles. The molecule has 0 unspecified atom stereocenters. The Hall–Kier alpha value is -3.56. The van der Waals surface area contributed by atoms with Crippen molar-refractivity contribution in [3.63, 3.8) is 0 Å². The van der Waals surface area contributed by atoms with Gasteiger partial charge in [0.05, 0.1) is 17.3 Å². The molecule has 0 saturated carbocycles. The zero-order valence-electron chi connectivity index (χ0n) is 21.4. The molecule has 1 N–H and O–H groups in total. The van der Waals surface area contributed by atoms with Crippen molar-refractivity contribution in [1.29, 1.82) is 0 Å². The molecule has 2 aliphatic heterocycles. The largest absolute Gasteiger partial charge is 0.371 e. The molecular formula is C28H33FN8. The van der Waals surface area contributed by atoms with Crippen LogP contribution in [0, 0.1) is 12.7 Å². The number of nitrogens with one attached hydrogen (secondary N) is 1. The maximum absolute atomic E-state index is 13.5. The monoisotopic (exact) mass is 500 g/mol. The Balaban J connectivity index is 1.15. The third-order valence-corrected chi connectivity index (χ3v) is 7.79. The number of piperazine rings is 1. The molecule has 6 rings (SSSR count). The van der Waals surface area contributed by atoms with E-state index in [2.05, 4.69) is 66.4 Å². The minimum Gasteiger partial charge on any atom is -0.371 e. The maximum atomic E-state index is 13.5. The van der Waals surface area contributed by atoms with Crippen molar-refractivity contribution in [2.75, 3.05) is 56.5 Å². The lowest BCUT2D eigenvalue weighted by molar-refractivity contribution is 0.0982. The van der Waals surface area contributed by atoms with Crippen molar-refractivity contribution in [2.45, 2.75) is 25.8 Å². The van der Waals surface area contributed by atoms with Crippen LogP contribution in [0.3, 0.4) is 0 Å². The molecule has 0 radical (unpaired) electrons. The molecule has 0 aliphatic carbocycles. The molecule has 9 heteroatoms. The van der Waals surface area contributed by atoms with Gasteiger partial charge in [-0.05, 0) is 74.8 Å². The number of halogens is 1. The zero-order chi connectivity index (χ0) is 25.4. The minimum absolute atomic E-state index is 0.258. The van der Waals surface area contributed by atoms with E-state index in [1.54, 1.807) is 12.3 Å². The molecule has 8 nitrogen and oxygen atoms in total. The van der Waals surface area contributed by atoms with Crippen LogP contribution in [0.5, 0.6) is 0 Å². The first-order valence-corrected chi connectivity index (χ1v) is 13.0. The highest BCUT2D eigenvalue weighted by atomic mass is 19.1. The summed E-state index contributed by atoms with van der Waals surface area (Å²) < 4.78 is 15.3. The number of anilines is 3. The molecule has 4 aromatic rings. The Bertz CT molecular complexity index is 1370. The topological polar surface area (TPSA) is 65.4 Å². The van der Waals surface area contributed by atoms with E-state index in [0.717, 1.165) is 41.1 Å². The molecule has 2 aromatic carbocycles. The van der Waals surface area contributed by atoms with E-state index in [0.29, 0.717) is 11.9 Å². The molecule has 0 atom stereocenters. The Labute approximate surface area is 216 Å². The van der Waals surface area contributed by atoms with E-state index in [4.69, 9.17) is 0 Å². The minimum atomic E-state index is -0.258. The summed E-state index contributed by atoms with van der Waals surface area (Å²) >= 11 is 0. The Kier molecular flexibility index (Phi) is 6.48. The van der Waals surface area contributed by atoms with Gasteiger partial charge in [-0.15, -0.1) is 0 Å². The lowest BCUT2D eigenvalue weighted by Gasteiger charge is -2.42. The van der Waals surface area contributed by atoms with E-state index in [9.17, 15) is 4.39 Å². The highest BCUT2D eigenvalue weighted by Gasteiger charge is 2.26. The third-order valence-electron chi connectivity index (χ3n) is 7.79. The maximum Gasteiger partial charge on any atom is 0.168 e. The lowest BCUT2D eigenvalue weighted by atomic mass is 10.0. The van der Waals surface area contributed by atoms with Crippen molar-refractivity contribution < 1.29 is 4.39 Å². The van der Waals surface area contributed by atoms with Crippen molar-refractivity contribution in [3.05, 3.63) is 66.4 Å². The molecular weight excluding hydrogens is 467 g/mol. The van der Waals surface area contributed by atoms with Gasteiger partial charge in [0.15, 0.2) is 5.65 Å². The van der Waals surface area contributed by atoms with E-state index in [1.807, 2.05) is 11.6 Å². The predicted octanol–water partition coefficient (Wildman–Crippen LogP) is 4.22. The summed E-state index contributed by atoms with van der Waals surface area (Å²) in [6.07, 6.45) is 5.74. The van der Waals surface area contributed by atoms with E-state index in [1.165, 1.54) is 63.2 Å². The van der Waals surface area contributed by atoms with Gasteiger partial charge in [0.1, 0.15) is 18.0 Å². The molecule has 192 valence electrons. The first-order chi connectivity index (χ1) is 18.0. The number of rotatable bonds is 5. The quantitative estimate of drug-likeness (QED) is 0.440. The standard InChI is InChI=1S/C28H33FN8/c1-20-17-21(29)3-8-26(20)33-27-25-18-32-37(28(25)31-19-30-27)24-6-4-22(5-7-24)35-11-9-23(10-12-35)36-15-13-34(2)14-16-36/h3-8,17-19,23H,9-16H2,1-2H3,(H,30,31,33). The number of hydrogen-bond donors (Lipinski definition) is 1. The summed E-state index contributed by atoms with van der Waals surface area (Å²) in [6.45, 7) is 8.79. The number of nitrogens with zero attached hydrogens (tertiary/aromatic N) is 7. The number of fused-ring (bicyclic) bond motifs is 1. The Morgan fingerprint density at radius 3 is 2.35 bits per heavy atom. The molecule has 0 bridgehead atoms. The van der Waals surface area contributed by atoms with Gasteiger partial charge in [-0.25, -0.2) is 19.0 Å². The highest BCUT2D eigenvalue weighted by molar-refractivity contribution is 5.89. The van der Waals surface area contributed by atoms with Gasteiger partial charge in [0.25, 0.3) is 0 Å². The van der Waals surface area contributed by atoms with Gasteiger partial charge in [0, 0.05) is 56.7 Å².